The Morgan fingerprint density at radius 3 is 2.00 bits per heavy atom. The Morgan fingerprint density at radius 2 is 1.59 bits per heavy atom. The van der Waals surface area contributed by atoms with E-state index >= 15 is 0 Å². The van der Waals surface area contributed by atoms with Gasteiger partial charge in [-0.1, -0.05) is 19.3 Å². The summed E-state index contributed by atoms with van der Waals surface area (Å²) in [7, 11) is 0. The van der Waals surface area contributed by atoms with Gasteiger partial charge in [0.25, 0.3) is 0 Å². The number of carbonyl (C=O) groups is 3. The molecule has 22 heavy (non-hydrogen) atoms. The zero-order valence-electron chi connectivity index (χ0n) is 13.3. The van der Waals surface area contributed by atoms with Gasteiger partial charge in [0.2, 0.25) is 0 Å². The molecule has 0 radical (unpaired) electrons. The van der Waals surface area contributed by atoms with Crippen molar-refractivity contribution in [2.75, 3.05) is 0 Å². The van der Waals surface area contributed by atoms with E-state index in [1.165, 1.54) is 0 Å². The summed E-state index contributed by atoms with van der Waals surface area (Å²) < 4.78 is 5.03. The monoisotopic (exact) mass is 315 g/mol. The van der Waals surface area contributed by atoms with Crippen molar-refractivity contribution in [2.24, 2.45) is 11.8 Å². The summed E-state index contributed by atoms with van der Waals surface area (Å²) in [6, 6.07) is -1.49. The van der Waals surface area contributed by atoms with E-state index in [4.69, 9.17) is 4.74 Å². The molecule has 0 spiro atoms. The van der Waals surface area contributed by atoms with Crippen LogP contribution in [0.2, 0.25) is 0 Å². The first-order valence-electron chi connectivity index (χ1n) is 7.57. The molecule has 2 atom stereocenters. The fourth-order valence-electron chi connectivity index (χ4n) is 2.85. The lowest BCUT2D eigenvalue weighted by molar-refractivity contribution is -0.153. The van der Waals surface area contributed by atoms with Crippen molar-refractivity contribution in [1.29, 1.82) is 0 Å². The number of carboxylic acid groups (broad SMARTS) is 2. The number of carboxylic acids is 2. The van der Waals surface area contributed by atoms with E-state index in [0.29, 0.717) is 12.8 Å². The third-order valence-electron chi connectivity index (χ3n) is 3.74. The van der Waals surface area contributed by atoms with E-state index in [2.05, 4.69) is 5.32 Å². The smallest absolute Gasteiger partial charge is 0.408 e. The molecule has 1 unspecified atom stereocenters. The van der Waals surface area contributed by atoms with Crippen LogP contribution in [0.5, 0.6) is 0 Å². The number of hydrogen-bond donors (Lipinski definition) is 3. The molecule has 0 saturated heterocycles. The maximum absolute atomic E-state index is 11.8. The van der Waals surface area contributed by atoms with Gasteiger partial charge in [-0.3, -0.25) is 4.79 Å². The molecular formula is C15H25NO6. The number of carbonyl (C=O) groups excluding carboxylic acids is 1. The highest BCUT2D eigenvalue weighted by molar-refractivity contribution is 5.86. The third-order valence-corrected chi connectivity index (χ3v) is 3.74. The van der Waals surface area contributed by atoms with Crippen molar-refractivity contribution in [1.82, 2.24) is 5.32 Å². The topological polar surface area (TPSA) is 113 Å². The van der Waals surface area contributed by atoms with E-state index in [1.54, 1.807) is 20.8 Å². The largest absolute Gasteiger partial charge is 0.481 e. The molecule has 0 aromatic rings. The third kappa shape index (κ3) is 5.54. The minimum Gasteiger partial charge on any atom is -0.481 e. The van der Waals surface area contributed by atoms with Crippen molar-refractivity contribution < 1.29 is 29.3 Å². The molecule has 0 aromatic heterocycles. The van der Waals surface area contributed by atoms with Gasteiger partial charge in [0.05, 0.1) is 5.92 Å². The molecule has 1 rings (SSSR count). The summed E-state index contributed by atoms with van der Waals surface area (Å²) in [5.41, 5.74) is -0.781. The van der Waals surface area contributed by atoms with E-state index in [1.807, 2.05) is 0 Å². The molecule has 0 aliphatic heterocycles. The van der Waals surface area contributed by atoms with Gasteiger partial charge in [-0.15, -0.1) is 0 Å². The second kappa shape index (κ2) is 7.47. The number of rotatable bonds is 5. The summed E-state index contributed by atoms with van der Waals surface area (Å²) in [5.74, 6) is -3.95. The van der Waals surface area contributed by atoms with Crippen LogP contribution in [0.25, 0.3) is 0 Å². The van der Waals surface area contributed by atoms with Gasteiger partial charge in [-0.2, -0.15) is 0 Å². The Labute approximate surface area is 130 Å². The van der Waals surface area contributed by atoms with Crippen LogP contribution in [-0.4, -0.2) is 39.9 Å². The zero-order valence-corrected chi connectivity index (χ0v) is 13.3. The van der Waals surface area contributed by atoms with E-state index in [-0.39, 0.29) is 5.92 Å². The number of amides is 1. The van der Waals surface area contributed by atoms with Crippen LogP contribution in [0, 0.1) is 11.8 Å². The molecule has 1 amide bonds. The van der Waals surface area contributed by atoms with E-state index < -0.39 is 35.6 Å². The van der Waals surface area contributed by atoms with Crippen molar-refractivity contribution in [3.8, 4) is 0 Å². The van der Waals surface area contributed by atoms with Crippen LogP contribution < -0.4 is 5.32 Å². The number of ether oxygens (including phenoxy) is 1. The minimum absolute atomic E-state index is 0.248. The highest BCUT2D eigenvalue weighted by atomic mass is 16.6. The van der Waals surface area contributed by atoms with Crippen LogP contribution >= 0.6 is 0 Å². The fraction of sp³-hybridized carbons (Fsp3) is 0.800. The molecular weight excluding hydrogens is 290 g/mol. The molecule has 126 valence electrons. The van der Waals surface area contributed by atoms with Gasteiger partial charge in [0, 0.05) is 0 Å². The van der Waals surface area contributed by atoms with Gasteiger partial charge in [0.15, 0.2) is 0 Å². The number of hydrogen-bond acceptors (Lipinski definition) is 4. The fourth-order valence-corrected chi connectivity index (χ4v) is 2.85. The standard InChI is InChI=1S/C15H25NO6/c1-15(2,3)22-14(21)16-11(13(19)20)10(12(17)18)9-7-5-4-6-8-9/h9-11H,4-8H2,1-3H3,(H,16,21)(H,17,18)(H,19,20)/t10?,11-/m1/s1. The maximum atomic E-state index is 11.8. The van der Waals surface area contributed by atoms with Crippen LogP contribution in [0.1, 0.15) is 52.9 Å². The molecule has 1 aliphatic carbocycles. The second-order valence-corrected chi connectivity index (χ2v) is 6.72. The van der Waals surface area contributed by atoms with Gasteiger partial charge >= 0.3 is 18.0 Å². The normalized spacial score (nSPS) is 19.0. The first-order chi connectivity index (χ1) is 10.1. The van der Waals surface area contributed by atoms with Crippen molar-refractivity contribution in [3.05, 3.63) is 0 Å². The van der Waals surface area contributed by atoms with Crippen molar-refractivity contribution >= 4 is 18.0 Å². The summed E-state index contributed by atoms with van der Waals surface area (Å²) >= 11 is 0. The second-order valence-electron chi connectivity index (χ2n) is 6.72. The molecule has 7 nitrogen and oxygen atoms in total. The zero-order chi connectivity index (χ0) is 16.9. The first-order valence-corrected chi connectivity index (χ1v) is 7.57. The average molecular weight is 315 g/mol. The van der Waals surface area contributed by atoms with E-state index in [0.717, 1.165) is 19.3 Å². The molecule has 0 bridgehead atoms. The van der Waals surface area contributed by atoms with Crippen LogP contribution in [0.4, 0.5) is 4.79 Å². The Balaban J connectivity index is 2.87. The average Bonchev–Trinajstić information content (AvgIpc) is 2.36. The molecule has 1 fully saturated rings. The highest BCUT2D eigenvalue weighted by Gasteiger charge is 2.41. The minimum atomic E-state index is -1.49. The number of aliphatic carboxylic acids is 2. The molecule has 7 heteroatoms. The Kier molecular flexibility index (Phi) is 6.20. The van der Waals surface area contributed by atoms with Crippen LogP contribution in [0.15, 0.2) is 0 Å². The van der Waals surface area contributed by atoms with Gasteiger partial charge in [0.1, 0.15) is 11.6 Å². The van der Waals surface area contributed by atoms with Crippen molar-refractivity contribution in [3.63, 3.8) is 0 Å². The molecule has 1 aliphatic rings. The summed E-state index contributed by atoms with van der Waals surface area (Å²) in [4.78, 5) is 34.8. The van der Waals surface area contributed by atoms with E-state index in [9.17, 15) is 24.6 Å². The molecule has 0 heterocycles. The van der Waals surface area contributed by atoms with Gasteiger partial charge < -0.3 is 20.3 Å². The maximum Gasteiger partial charge on any atom is 0.408 e. The lowest BCUT2D eigenvalue weighted by atomic mass is 9.76. The molecule has 1 saturated carbocycles. The quantitative estimate of drug-likeness (QED) is 0.717. The Bertz CT molecular complexity index is 422. The van der Waals surface area contributed by atoms with Crippen LogP contribution in [0.3, 0.4) is 0 Å². The van der Waals surface area contributed by atoms with Crippen molar-refractivity contribution in [2.45, 2.75) is 64.5 Å². The predicted molar refractivity (Wildman–Crippen MR) is 78.5 cm³/mol. The number of nitrogens with one attached hydrogen (secondary N) is 1. The molecule has 3 N–H and O–H groups in total. The lowest BCUT2D eigenvalue weighted by Crippen LogP contribution is -2.52. The summed E-state index contributed by atoms with van der Waals surface area (Å²) in [5, 5.41) is 21.0. The first kappa shape index (κ1) is 18.3. The van der Waals surface area contributed by atoms with Gasteiger partial charge in [-0.25, -0.2) is 9.59 Å². The Hall–Kier alpha value is -1.79. The van der Waals surface area contributed by atoms with Crippen LogP contribution in [-0.2, 0) is 14.3 Å². The highest BCUT2D eigenvalue weighted by Crippen LogP contribution is 2.32. The Morgan fingerprint density at radius 1 is 1.05 bits per heavy atom. The summed E-state index contributed by atoms with van der Waals surface area (Å²) in [6.07, 6.45) is 3.20. The molecule has 0 aromatic carbocycles. The summed E-state index contributed by atoms with van der Waals surface area (Å²) in [6.45, 7) is 4.95. The van der Waals surface area contributed by atoms with Gasteiger partial charge in [-0.05, 0) is 39.5 Å². The number of alkyl carbamates (subject to hydrolysis) is 1. The lowest BCUT2D eigenvalue weighted by Gasteiger charge is -2.32. The predicted octanol–water partition coefficient (Wildman–Crippen LogP) is 2.25. The SMILES string of the molecule is CC(C)(C)OC(=O)N[C@@H](C(=O)O)C(C(=O)O)C1CCCCC1.